The molecule has 1 amide bonds. The van der Waals surface area contributed by atoms with Crippen LogP contribution in [0, 0.1) is 5.92 Å². The molecule has 1 N–H and O–H groups in total. The summed E-state index contributed by atoms with van der Waals surface area (Å²) in [7, 11) is -3.54. The number of rotatable bonds is 5. The van der Waals surface area contributed by atoms with Crippen molar-refractivity contribution in [2.45, 2.75) is 55.4 Å². The summed E-state index contributed by atoms with van der Waals surface area (Å²) >= 11 is 5.87. The summed E-state index contributed by atoms with van der Waals surface area (Å²) in [4.78, 5) is 13.0. The highest BCUT2D eigenvalue weighted by molar-refractivity contribution is 7.89. The van der Waals surface area contributed by atoms with E-state index in [0.717, 1.165) is 25.7 Å². The first-order valence-electron chi connectivity index (χ1n) is 11.0. The molecule has 0 unspecified atom stereocenters. The van der Waals surface area contributed by atoms with Crippen molar-refractivity contribution in [3.05, 3.63) is 65.2 Å². The molecule has 2 aromatic rings. The third kappa shape index (κ3) is 5.30. The van der Waals surface area contributed by atoms with Gasteiger partial charge in [0, 0.05) is 30.1 Å². The Bertz CT molecular complexity index is 979. The van der Waals surface area contributed by atoms with Crippen molar-refractivity contribution in [3.8, 4) is 0 Å². The summed E-state index contributed by atoms with van der Waals surface area (Å²) in [6.07, 6.45) is 5.28. The van der Waals surface area contributed by atoms with Crippen LogP contribution >= 0.6 is 11.6 Å². The van der Waals surface area contributed by atoms with E-state index in [1.807, 2.05) is 6.07 Å². The minimum absolute atomic E-state index is 0.0756. The Morgan fingerprint density at radius 3 is 2.10 bits per heavy atom. The molecule has 0 spiro atoms. The number of piperidine rings is 1. The molecule has 1 saturated heterocycles. The molecule has 5 nitrogen and oxygen atoms in total. The van der Waals surface area contributed by atoms with Crippen molar-refractivity contribution in [3.63, 3.8) is 0 Å². The maximum absolute atomic E-state index is 12.8. The van der Waals surface area contributed by atoms with Gasteiger partial charge in [-0.2, -0.15) is 4.31 Å². The van der Waals surface area contributed by atoms with E-state index < -0.39 is 10.0 Å². The minimum Gasteiger partial charge on any atom is -0.353 e. The number of hydrogen-bond donors (Lipinski definition) is 1. The van der Waals surface area contributed by atoms with Gasteiger partial charge in [-0.05, 0) is 74.3 Å². The van der Waals surface area contributed by atoms with Crippen molar-refractivity contribution >= 4 is 27.5 Å². The molecule has 2 fully saturated rings. The first kappa shape index (κ1) is 22.3. The lowest BCUT2D eigenvalue weighted by Crippen LogP contribution is -2.46. The fraction of sp³-hybridized carbons (Fsp3) is 0.458. The molecule has 1 heterocycles. The van der Waals surface area contributed by atoms with Crippen LogP contribution < -0.4 is 5.32 Å². The number of amides is 1. The van der Waals surface area contributed by atoms with Gasteiger partial charge in [-0.25, -0.2) is 8.42 Å². The van der Waals surface area contributed by atoms with Gasteiger partial charge in [0.2, 0.25) is 15.9 Å². The Morgan fingerprint density at radius 2 is 1.48 bits per heavy atom. The highest BCUT2D eigenvalue weighted by Gasteiger charge is 2.33. The van der Waals surface area contributed by atoms with Gasteiger partial charge in [0.1, 0.15) is 0 Å². The van der Waals surface area contributed by atoms with E-state index in [1.165, 1.54) is 22.0 Å². The summed E-state index contributed by atoms with van der Waals surface area (Å²) in [5.74, 6) is 0.533. The van der Waals surface area contributed by atoms with Gasteiger partial charge in [0.25, 0.3) is 0 Å². The first-order valence-corrected chi connectivity index (χ1v) is 12.9. The number of carbonyl (C=O) groups is 1. The summed E-state index contributed by atoms with van der Waals surface area (Å²) in [5, 5.41) is 3.74. The van der Waals surface area contributed by atoms with Gasteiger partial charge in [0.15, 0.2) is 0 Å². The molecule has 0 aromatic heterocycles. The zero-order valence-electron chi connectivity index (χ0n) is 17.5. The molecule has 31 heavy (non-hydrogen) atoms. The molecule has 1 saturated carbocycles. The number of nitrogens with zero attached hydrogens (tertiary/aromatic N) is 1. The molecule has 7 heteroatoms. The van der Waals surface area contributed by atoms with Crippen LogP contribution in [-0.2, 0) is 14.8 Å². The van der Waals surface area contributed by atoms with Crippen LogP contribution in [0.2, 0.25) is 5.02 Å². The Balaban J connectivity index is 1.26. The van der Waals surface area contributed by atoms with Crippen LogP contribution in [0.4, 0.5) is 0 Å². The van der Waals surface area contributed by atoms with Crippen molar-refractivity contribution in [2.75, 3.05) is 13.1 Å². The molecule has 0 atom stereocenters. The lowest BCUT2D eigenvalue weighted by Gasteiger charge is -2.33. The zero-order valence-corrected chi connectivity index (χ0v) is 19.1. The molecule has 166 valence electrons. The summed E-state index contributed by atoms with van der Waals surface area (Å²) < 4.78 is 27.1. The van der Waals surface area contributed by atoms with E-state index in [0.29, 0.717) is 36.9 Å². The van der Waals surface area contributed by atoms with Crippen molar-refractivity contribution in [1.82, 2.24) is 9.62 Å². The number of nitrogens with one attached hydrogen (secondary N) is 1. The van der Waals surface area contributed by atoms with Gasteiger partial charge in [0.05, 0.1) is 4.90 Å². The normalized spacial score (nSPS) is 23.4. The number of sulfonamides is 1. The van der Waals surface area contributed by atoms with Crippen LogP contribution in [-0.4, -0.2) is 37.8 Å². The third-order valence-electron chi connectivity index (χ3n) is 6.62. The molecule has 4 rings (SSSR count). The lowest BCUT2D eigenvalue weighted by molar-refractivity contribution is -0.127. The third-order valence-corrected chi connectivity index (χ3v) is 8.79. The number of hydrogen-bond acceptors (Lipinski definition) is 3. The second kappa shape index (κ2) is 9.72. The van der Waals surface area contributed by atoms with E-state index in [-0.39, 0.29) is 22.8 Å². The molecule has 2 aliphatic rings. The standard InChI is InChI=1S/C24H29ClN2O3S/c25-21-8-12-23(13-9-21)31(29,30)27-16-14-20(15-17-27)24(28)26-22-10-6-19(7-11-22)18-4-2-1-3-5-18/h1-5,8-9,12-13,19-20,22H,6-7,10-11,14-17H2,(H,26,28). The van der Waals surface area contributed by atoms with E-state index >= 15 is 0 Å². The van der Waals surface area contributed by atoms with E-state index in [2.05, 4.69) is 29.6 Å². The fourth-order valence-corrected chi connectivity index (χ4v) is 6.32. The zero-order chi connectivity index (χ0) is 21.8. The molecule has 0 radical (unpaired) electrons. The smallest absolute Gasteiger partial charge is 0.243 e. The van der Waals surface area contributed by atoms with Crippen LogP contribution in [0.1, 0.15) is 50.0 Å². The maximum atomic E-state index is 12.8. The van der Waals surface area contributed by atoms with Gasteiger partial charge in [-0.15, -0.1) is 0 Å². The van der Waals surface area contributed by atoms with Gasteiger partial charge < -0.3 is 5.32 Å². The molecular weight excluding hydrogens is 432 g/mol. The summed E-state index contributed by atoms with van der Waals surface area (Å²) in [6, 6.07) is 17.0. The second-order valence-electron chi connectivity index (χ2n) is 8.60. The Kier molecular flexibility index (Phi) is 6.99. The Labute approximate surface area is 189 Å². The first-order chi connectivity index (χ1) is 14.9. The average molecular weight is 461 g/mol. The predicted octanol–water partition coefficient (Wildman–Crippen LogP) is 4.58. The largest absolute Gasteiger partial charge is 0.353 e. The Hall–Kier alpha value is -1.89. The average Bonchev–Trinajstić information content (AvgIpc) is 2.80. The Morgan fingerprint density at radius 1 is 0.871 bits per heavy atom. The van der Waals surface area contributed by atoms with E-state index in [4.69, 9.17) is 11.6 Å². The van der Waals surface area contributed by atoms with Gasteiger partial charge >= 0.3 is 0 Å². The topological polar surface area (TPSA) is 66.5 Å². The number of halogens is 1. The fourth-order valence-electron chi connectivity index (χ4n) is 4.73. The van der Waals surface area contributed by atoms with Crippen LogP contribution in [0.3, 0.4) is 0 Å². The predicted molar refractivity (Wildman–Crippen MR) is 123 cm³/mol. The van der Waals surface area contributed by atoms with Crippen molar-refractivity contribution in [1.29, 1.82) is 0 Å². The monoisotopic (exact) mass is 460 g/mol. The molecule has 1 aliphatic heterocycles. The molecule has 1 aliphatic carbocycles. The highest BCUT2D eigenvalue weighted by Crippen LogP contribution is 2.33. The summed E-state index contributed by atoms with van der Waals surface area (Å²) in [6.45, 7) is 0.730. The van der Waals surface area contributed by atoms with Gasteiger partial charge in [-0.1, -0.05) is 41.9 Å². The van der Waals surface area contributed by atoms with E-state index in [9.17, 15) is 13.2 Å². The van der Waals surface area contributed by atoms with Crippen LogP contribution in [0.15, 0.2) is 59.5 Å². The summed E-state index contributed by atoms with van der Waals surface area (Å²) in [5.41, 5.74) is 1.39. The van der Waals surface area contributed by atoms with Gasteiger partial charge in [-0.3, -0.25) is 4.79 Å². The molecule has 2 aromatic carbocycles. The molecule has 0 bridgehead atoms. The van der Waals surface area contributed by atoms with Crippen LogP contribution in [0.5, 0.6) is 0 Å². The number of benzene rings is 2. The molecular formula is C24H29ClN2O3S. The van der Waals surface area contributed by atoms with Crippen LogP contribution in [0.25, 0.3) is 0 Å². The number of carbonyl (C=O) groups excluding carboxylic acids is 1. The quantitative estimate of drug-likeness (QED) is 0.709. The SMILES string of the molecule is O=C(NC1CCC(c2ccccc2)CC1)C1CCN(S(=O)(=O)c2ccc(Cl)cc2)CC1. The van der Waals surface area contributed by atoms with Crippen molar-refractivity contribution in [2.24, 2.45) is 5.92 Å². The second-order valence-corrected chi connectivity index (χ2v) is 11.0. The minimum atomic E-state index is -3.54. The van der Waals surface area contributed by atoms with E-state index in [1.54, 1.807) is 12.1 Å². The maximum Gasteiger partial charge on any atom is 0.243 e. The lowest BCUT2D eigenvalue weighted by atomic mass is 9.81. The van der Waals surface area contributed by atoms with Crippen molar-refractivity contribution < 1.29 is 13.2 Å². The highest BCUT2D eigenvalue weighted by atomic mass is 35.5.